The molecular formula is C9H10N4S. The van der Waals surface area contributed by atoms with Crippen molar-refractivity contribution in [3.63, 3.8) is 0 Å². The van der Waals surface area contributed by atoms with Gasteiger partial charge in [0.2, 0.25) is 0 Å². The molecule has 2 N–H and O–H groups in total. The number of thiazole rings is 1. The average molecular weight is 206 g/mol. The predicted molar refractivity (Wildman–Crippen MR) is 57.0 cm³/mol. The minimum absolute atomic E-state index is 0.515. The van der Waals surface area contributed by atoms with Crippen molar-refractivity contribution in [2.75, 3.05) is 5.73 Å². The minimum Gasteiger partial charge on any atom is -0.383 e. The molecular weight excluding hydrogens is 196 g/mol. The number of aromatic nitrogens is 3. The quantitative estimate of drug-likeness (QED) is 0.772. The smallest absolute Gasteiger partial charge is 0.135 e. The van der Waals surface area contributed by atoms with E-state index in [1.807, 2.05) is 13.8 Å². The van der Waals surface area contributed by atoms with Crippen molar-refractivity contribution in [3.05, 3.63) is 23.2 Å². The molecule has 0 aliphatic heterocycles. The highest BCUT2D eigenvalue weighted by Crippen LogP contribution is 2.28. The van der Waals surface area contributed by atoms with Gasteiger partial charge in [-0.1, -0.05) is 0 Å². The van der Waals surface area contributed by atoms with E-state index in [0.717, 1.165) is 15.4 Å². The molecule has 0 aromatic carbocycles. The van der Waals surface area contributed by atoms with E-state index in [9.17, 15) is 0 Å². The highest BCUT2D eigenvalue weighted by atomic mass is 32.1. The van der Waals surface area contributed by atoms with Gasteiger partial charge in [0, 0.05) is 12.4 Å². The summed E-state index contributed by atoms with van der Waals surface area (Å²) >= 11 is 1.59. The summed E-state index contributed by atoms with van der Waals surface area (Å²) in [6.07, 6.45) is 3.54. The van der Waals surface area contributed by atoms with Crippen LogP contribution in [-0.2, 0) is 0 Å². The zero-order chi connectivity index (χ0) is 10.1. The third-order valence-corrected chi connectivity index (χ3v) is 2.77. The summed E-state index contributed by atoms with van der Waals surface area (Å²) in [7, 11) is 0. The Morgan fingerprint density at radius 3 is 2.57 bits per heavy atom. The molecule has 0 saturated carbocycles. The van der Waals surface area contributed by atoms with Crippen LogP contribution in [0.1, 0.15) is 10.8 Å². The van der Waals surface area contributed by atoms with Gasteiger partial charge in [0.1, 0.15) is 11.6 Å². The van der Waals surface area contributed by atoms with Gasteiger partial charge < -0.3 is 5.73 Å². The van der Waals surface area contributed by atoms with Crippen LogP contribution in [-0.4, -0.2) is 15.0 Å². The first-order valence-electron chi connectivity index (χ1n) is 4.19. The largest absolute Gasteiger partial charge is 0.383 e. The molecule has 0 radical (unpaired) electrons. The van der Waals surface area contributed by atoms with Gasteiger partial charge in [0.25, 0.3) is 0 Å². The SMILES string of the molecule is Cc1ncc(-c2cnc(C)s2)c(N)n1. The van der Waals surface area contributed by atoms with E-state index in [4.69, 9.17) is 5.73 Å². The molecule has 2 heterocycles. The van der Waals surface area contributed by atoms with Crippen molar-refractivity contribution in [1.82, 2.24) is 15.0 Å². The van der Waals surface area contributed by atoms with Crippen molar-refractivity contribution >= 4 is 17.2 Å². The van der Waals surface area contributed by atoms with E-state index in [2.05, 4.69) is 15.0 Å². The summed E-state index contributed by atoms with van der Waals surface area (Å²) in [5.41, 5.74) is 6.65. The fraction of sp³-hybridized carbons (Fsp3) is 0.222. The Kier molecular flexibility index (Phi) is 2.17. The molecule has 0 atom stereocenters. The highest BCUT2D eigenvalue weighted by molar-refractivity contribution is 7.15. The normalized spacial score (nSPS) is 10.4. The Balaban J connectivity index is 2.52. The van der Waals surface area contributed by atoms with E-state index in [1.165, 1.54) is 0 Å². The summed E-state index contributed by atoms with van der Waals surface area (Å²) < 4.78 is 0. The number of rotatable bonds is 1. The van der Waals surface area contributed by atoms with Crippen molar-refractivity contribution in [2.45, 2.75) is 13.8 Å². The van der Waals surface area contributed by atoms with Crippen LogP contribution in [0.4, 0.5) is 5.82 Å². The molecule has 2 aromatic rings. The lowest BCUT2D eigenvalue weighted by molar-refractivity contribution is 1.06. The molecule has 0 unspecified atom stereocenters. The number of nitrogens with zero attached hydrogens (tertiary/aromatic N) is 3. The van der Waals surface area contributed by atoms with Gasteiger partial charge in [0.05, 0.1) is 15.4 Å². The molecule has 2 rings (SSSR count). The number of nitrogen functional groups attached to an aromatic ring is 1. The van der Waals surface area contributed by atoms with Crippen molar-refractivity contribution in [1.29, 1.82) is 0 Å². The zero-order valence-corrected chi connectivity index (χ0v) is 8.80. The van der Waals surface area contributed by atoms with Crippen LogP contribution >= 0.6 is 11.3 Å². The van der Waals surface area contributed by atoms with Crippen LogP contribution in [0, 0.1) is 13.8 Å². The molecule has 0 aliphatic rings. The number of hydrogen-bond acceptors (Lipinski definition) is 5. The Morgan fingerprint density at radius 2 is 2.00 bits per heavy atom. The zero-order valence-electron chi connectivity index (χ0n) is 7.98. The van der Waals surface area contributed by atoms with Crippen molar-refractivity contribution in [2.24, 2.45) is 0 Å². The Morgan fingerprint density at radius 1 is 1.21 bits per heavy atom. The number of hydrogen-bond donors (Lipinski definition) is 1. The lowest BCUT2D eigenvalue weighted by Gasteiger charge is -2.00. The summed E-state index contributed by atoms with van der Waals surface area (Å²) in [4.78, 5) is 13.4. The van der Waals surface area contributed by atoms with E-state index in [0.29, 0.717) is 11.6 Å². The van der Waals surface area contributed by atoms with Crippen LogP contribution in [0.2, 0.25) is 0 Å². The molecule has 14 heavy (non-hydrogen) atoms. The topological polar surface area (TPSA) is 64.7 Å². The Hall–Kier alpha value is -1.49. The lowest BCUT2D eigenvalue weighted by Crippen LogP contribution is -1.97. The van der Waals surface area contributed by atoms with Gasteiger partial charge in [-0.15, -0.1) is 11.3 Å². The van der Waals surface area contributed by atoms with E-state index in [1.54, 1.807) is 23.7 Å². The van der Waals surface area contributed by atoms with E-state index in [-0.39, 0.29) is 0 Å². The number of nitrogens with two attached hydrogens (primary N) is 1. The first-order chi connectivity index (χ1) is 6.66. The fourth-order valence-corrected chi connectivity index (χ4v) is 1.96. The molecule has 0 bridgehead atoms. The van der Waals surface area contributed by atoms with Crippen LogP contribution < -0.4 is 5.73 Å². The second-order valence-electron chi connectivity index (χ2n) is 2.96. The van der Waals surface area contributed by atoms with Crippen LogP contribution in [0.15, 0.2) is 12.4 Å². The molecule has 0 aliphatic carbocycles. The summed E-state index contributed by atoms with van der Waals surface area (Å²) in [5.74, 6) is 1.20. The monoisotopic (exact) mass is 206 g/mol. The number of aryl methyl sites for hydroxylation is 2. The van der Waals surface area contributed by atoms with Crippen molar-refractivity contribution in [3.8, 4) is 10.4 Å². The maximum Gasteiger partial charge on any atom is 0.135 e. The summed E-state index contributed by atoms with van der Waals surface area (Å²) in [6.45, 7) is 3.78. The second-order valence-corrected chi connectivity index (χ2v) is 4.19. The Labute approximate surface area is 85.9 Å². The van der Waals surface area contributed by atoms with Crippen molar-refractivity contribution < 1.29 is 0 Å². The van der Waals surface area contributed by atoms with Crippen LogP contribution in [0.25, 0.3) is 10.4 Å². The molecule has 0 saturated heterocycles. The van der Waals surface area contributed by atoms with Crippen LogP contribution in [0.3, 0.4) is 0 Å². The molecule has 0 amide bonds. The molecule has 72 valence electrons. The molecule has 0 fully saturated rings. The lowest BCUT2D eigenvalue weighted by atomic mass is 10.3. The maximum absolute atomic E-state index is 5.79. The summed E-state index contributed by atoms with van der Waals surface area (Å²) in [6, 6.07) is 0. The maximum atomic E-state index is 5.79. The van der Waals surface area contributed by atoms with Gasteiger partial charge >= 0.3 is 0 Å². The third kappa shape index (κ3) is 1.58. The highest BCUT2D eigenvalue weighted by Gasteiger charge is 2.07. The molecule has 0 spiro atoms. The first kappa shape index (κ1) is 9.08. The molecule has 4 nitrogen and oxygen atoms in total. The van der Waals surface area contributed by atoms with Crippen LogP contribution in [0.5, 0.6) is 0 Å². The second kappa shape index (κ2) is 3.34. The summed E-state index contributed by atoms with van der Waals surface area (Å²) in [5, 5.41) is 1.01. The molecule has 5 heteroatoms. The van der Waals surface area contributed by atoms with E-state index < -0.39 is 0 Å². The van der Waals surface area contributed by atoms with Gasteiger partial charge in [-0.25, -0.2) is 15.0 Å². The predicted octanol–water partition coefficient (Wildman–Crippen LogP) is 1.80. The first-order valence-corrected chi connectivity index (χ1v) is 5.00. The number of anilines is 1. The molecule has 2 aromatic heterocycles. The fourth-order valence-electron chi connectivity index (χ4n) is 1.16. The van der Waals surface area contributed by atoms with E-state index >= 15 is 0 Å². The van der Waals surface area contributed by atoms with Gasteiger partial charge in [-0.05, 0) is 13.8 Å². The standard InChI is InChI=1S/C9H10N4S/c1-5-11-3-7(9(10)13-5)8-4-12-6(2)14-8/h3-4H,1-2H3,(H2,10,11,13). The Bertz CT molecular complexity index is 464. The van der Waals surface area contributed by atoms with Gasteiger partial charge in [0.15, 0.2) is 0 Å². The average Bonchev–Trinajstić information content (AvgIpc) is 2.51. The third-order valence-electron chi connectivity index (χ3n) is 1.83. The van der Waals surface area contributed by atoms with Gasteiger partial charge in [-0.2, -0.15) is 0 Å². The van der Waals surface area contributed by atoms with Gasteiger partial charge in [-0.3, -0.25) is 0 Å². The minimum atomic E-state index is 0.515.